The number of hydrogen-bond acceptors (Lipinski definition) is 5. The van der Waals surface area contributed by atoms with Gasteiger partial charge in [0, 0.05) is 30.3 Å². The van der Waals surface area contributed by atoms with Gasteiger partial charge in [0.2, 0.25) is 0 Å². The molecule has 1 fully saturated rings. The molecule has 0 bridgehead atoms. The van der Waals surface area contributed by atoms with Crippen molar-refractivity contribution in [3.8, 4) is 0 Å². The molecule has 2 unspecified atom stereocenters. The summed E-state index contributed by atoms with van der Waals surface area (Å²) < 4.78 is 19.9. The first kappa shape index (κ1) is 21.1. The molecule has 1 aromatic carbocycles. The Morgan fingerprint density at radius 3 is 2.83 bits per heavy atom. The van der Waals surface area contributed by atoms with Crippen LogP contribution in [0, 0.1) is 5.82 Å². The maximum atomic E-state index is 14.4. The average Bonchev–Trinajstić information content (AvgIpc) is 3.25. The maximum absolute atomic E-state index is 14.4. The minimum Gasteiger partial charge on any atom is -0.446 e. The largest absolute Gasteiger partial charge is 0.446 e. The zero-order chi connectivity index (χ0) is 21.0. The Morgan fingerprint density at radius 2 is 2.14 bits per heavy atom. The zero-order valence-corrected chi connectivity index (χ0v) is 17.5. The molecule has 1 saturated carbocycles. The molecule has 0 radical (unpaired) electrons. The fraction of sp³-hybridized carbons (Fsp3) is 0.524. The standard InChI is InChI=1S/C21H30FN5O2/c1-13(2)23-21(28)29-16-7-6-15(10-16)19-11-20(26-25-19)24-18-8-5-14(9-17(18)22)12-27(3)4/h5,8-9,11,13,15-16H,6-7,10,12H2,1-4H3,(H,23,28)(H2,24,25,26). The normalized spacial score (nSPS) is 19.0. The molecule has 1 aliphatic rings. The van der Waals surface area contributed by atoms with Crippen molar-refractivity contribution in [2.75, 3.05) is 19.4 Å². The number of ether oxygens (including phenoxy) is 1. The molecule has 2 atom stereocenters. The van der Waals surface area contributed by atoms with E-state index >= 15 is 0 Å². The lowest BCUT2D eigenvalue weighted by atomic mass is 10.0. The molecule has 1 heterocycles. The van der Waals surface area contributed by atoms with Crippen molar-refractivity contribution in [3.63, 3.8) is 0 Å². The highest BCUT2D eigenvalue weighted by molar-refractivity contribution is 5.67. The molecule has 0 spiro atoms. The molecule has 0 aliphatic heterocycles. The second kappa shape index (κ2) is 9.26. The molecule has 0 saturated heterocycles. The lowest BCUT2D eigenvalue weighted by Crippen LogP contribution is -2.33. The van der Waals surface area contributed by atoms with Crippen LogP contribution in [0.25, 0.3) is 0 Å². The first-order chi connectivity index (χ1) is 13.8. The zero-order valence-electron chi connectivity index (χ0n) is 17.5. The molecule has 1 aliphatic carbocycles. The Morgan fingerprint density at radius 1 is 1.34 bits per heavy atom. The van der Waals surface area contributed by atoms with Gasteiger partial charge in [-0.05, 0) is 64.9 Å². The van der Waals surface area contributed by atoms with E-state index in [1.807, 2.05) is 45.0 Å². The molecule has 1 aromatic heterocycles. The number of anilines is 2. The van der Waals surface area contributed by atoms with Gasteiger partial charge < -0.3 is 20.3 Å². The number of nitrogens with one attached hydrogen (secondary N) is 3. The number of halogens is 1. The van der Waals surface area contributed by atoms with Crippen molar-refractivity contribution >= 4 is 17.6 Å². The Hall–Kier alpha value is -2.61. The molecular formula is C21H30FN5O2. The summed E-state index contributed by atoms with van der Waals surface area (Å²) in [5, 5.41) is 13.1. The van der Waals surface area contributed by atoms with Crippen LogP contribution in [0.15, 0.2) is 24.3 Å². The van der Waals surface area contributed by atoms with E-state index in [0.717, 1.165) is 30.5 Å². The Kier molecular flexibility index (Phi) is 6.74. The van der Waals surface area contributed by atoms with Gasteiger partial charge in [-0.15, -0.1) is 0 Å². The van der Waals surface area contributed by atoms with E-state index in [0.29, 0.717) is 18.1 Å². The van der Waals surface area contributed by atoms with Crippen LogP contribution in [0.5, 0.6) is 0 Å². The third-order valence-electron chi connectivity index (χ3n) is 4.90. The van der Waals surface area contributed by atoms with E-state index in [9.17, 15) is 9.18 Å². The molecule has 1 amide bonds. The first-order valence-electron chi connectivity index (χ1n) is 10.0. The van der Waals surface area contributed by atoms with Gasteiger partial charge in [0.1, 0.15) is 11.9 Å². The highest BCUT2D eigenvalue weighted by Gasteiger charge is 2.30. The van der Waals surface area contributed by atoms with Gasteiger partial charge >= 0.3 is 6.09 Å². The molecular weight excluding hydrogens is 373 g/mol. The number of carbonyl (C=O) groups excluding carboxylic acids is 1. The monoisotopic (exact) mass is 403 g/mol. The van der Waals surface area contributed by atoms with Crippen LogP contribution in [-0.4, -0.2) is 47.4 Å². The topological polar surface area (TPSA) is 82.3 Å². The smallest absolute Gasteiger partial charge is 0.407 e. The molecule has 8 heteroatoms. The molecule has 29 heavy (non-hydrogen) atoms. The van der Waals surface area contributed by atoms with Crippen molar-refractivity contribution in [1.29, 1.82) is 0 Å². The second-order valence-electron chi connectivity index (χ2n) is 8.22. The predicted octanol–water partition coefficient (Wildman–Crippen LogP) is 4.12. The number of nitrogens with zero attached hydrogens (tertiary/aromatic N) is 2. The summed E-state index contributed by atoms with van der Waals surface area (Å²) in [5.74, 6) is 0.503. The van der Waals surface area contributed by atoms with Crippen LogP contribution in [0.3, 0.4) is 0 Å². The average molecular weight is 404 g/mol. The predicted molar refractivity (Wildman–Crippen MR) is 111 cm³/mol. The van der Waals surface area contributed by atoms with Crippen molar-refractivity contribution < 1.29 is 13.9 Å². The SMILES string of the molecule is CC(C)NC(=O)OC1CCC(c2cc(Nc3ccc(CN(C)C)cc3F)n[nH]2)C1. The van der Waals surface area contributed by atoms with E-state index in [1.165, 1.54) is 6.07 Å². The number of benzene rings is 1. The van der Waals surface area contributed by atoms with Gasteiger partial charge in [0.25, 0.3) is 0 Å². The number of aromatic nitrogens is 2. The van der Waals surface area contributed by atoms with Crippen molar-refractivity contribution in [2.24, 2.45) is 0 Å². The number of rotatable bonds is 7. The van der Waals surface area contributed by atoms with E-state index in [-0.39, 0.29) is 30.0 Å². The molecule has 3 N–H and O–H groups in total. The van der Waals surface area contributed by atoms with Crippen LogP contribution in [0.1, 0.15) is 50.3 Å². The first-order valence-corrected chi connectivity index (χ1v) is 10.0. The van der Waals surface area contributed by atoms with Gasteiger partial charge in [-0.3, -0.25) is 5.10 Å². The van der Waals surface area contributed by atoms with Gasteiger partial charge in [0.05, 0.1) is 5.69 Å². The number of hydrogen-bond donors (Lipinski definition) is 3. The summed E-state index contributed by atoms with van der Waals surface area (Å²) in [6.45, 7) is 4.48. The van der Waals surface area contributed by atoms with Crippen molar-refractivity contribution in [2.45, 2.75) is 57.7 Å². The van der Waals surface area contributed by atoms with E-state index in [2.05, 4.69) is 20.8 Å². The Balaban J connectivity index is 1.57. The third kappa shape index (κ3) is 5.93. The van der Waals surface area contributed by atoms with Gasteiger partial charge in [-0.1, -0.05) is 6.07 Å². The van der Waals surface area contributed by atoms with Gasteiger partial charge in [-0.2, -0.15) is 5.10 Å². The number of carbonyl (C=O) groups is 1. The summed E-state index contributed by atoms with van der Waals surface area (Å²) in [6.07, 6.45) is 2.01. The summed E-state index contributed by atoms with van der Waals surface area (Å²) >= 11 is 0. The third-order valence-corrected chi connectivity index (χ3v) is 4.90. The van der Waals surface area contributed by atoms with Crippen LogP contribution >= 0.6 is 0 Å². The van der Waals surface area contributed by atoms with Crippen molar-refractivity contribution in [3.05, 3.63) is 41.3 Å². The number of amides is 1. The lowest BCUT2D eigenvalue weighted by Gasteiger charge is -2.14. The highest BCUT2D eigenvalue weighted by atomic mass is 19.1. The van der Waals surface area contributed by atoms with Crippen LogP contribution in [0.4, 0.5) is 20.7 Å². The number of alkyl carbamates (subject to hydrolysis) is 1. The molecule has 7 nitrogen and oxygen atoms in total. The van der Waals surface area contributed by atoms with E-state index in [1.54, 1.807) is 6.07 Å². The lowest BCUT2D eigenvalue weighted by molar-refractivity contribution is 0.0981. The van der Waals surface area contributed by atoms with Crippen LogP contribution in [0.2, 0.25) is 0 Å². The molecule has 2 aromatic rings. The highest BCUT2D eigenvalue weighted by Crippen LogP contribution is 2.36. The van der Waals surface area contributed by atoms with E-state index in [4.69, 9.17) is 4.74 Å². The van der Waals surface area contributed by atoms with Gasteiger partial charge in [0.15, 0.2) is 5.82 Å². The van der Waals surface area contributed by atoms with Crippen LogP contribution in [-0.2, 0) is 11.3 Å². The molecule has 158 valence electrons. The minimum atomic E-state index is -0.370. The van der Waals surface area contributed by atoms with Gasteiger partial charge in [-0.25, -0.2) is 9.18 Å². The quantitative estimate of drug-likeness (QED) is 0.648. The van der Waals surface area contributed by atoms with Crippen molar-refractivity contribution in [1.82, 2.24) is 20.4 Å². The molecule has 3 rings (SSSR count). The van der Waals surface area contributed by atoms with E-state index < -0.39 is 0 Å². The Labute approximate surface area is 171 Å². The minimum absolute atomic E-state index is 0.0540. The number of H-pyrrole nitrogens is 1. The summed E-state index contributed by atoms with van der Waals surface area (Å²) in [6, 6.07) is 7.12. The van der Waals surface area contributed by atoms with Crippen LogP contribution < -0.4 is 10.6 Å². The Bertz CT molecular complexity index is 836. The summed E-state index contributed by atoms with van der Waals surface area (Å²) in [7, 11) is 3.90. The fourth-order valence-corrected chi connectivity index (χ4v) is 3.62. The maximum Gasteiger partial charge on any atom is 0.407 e. The fourth-order valence-electron chi connectivity index (χ4n) is 3.62. The second-order valence-corrected chi connectivity index (χ2v) is 8.22. The summed E-state index contributed by atoms with van der Waals surface area (Å²) in [5.41, 5.74) is 2.27. The number of aromatic amines is 1. The summed E-state index contributed by atoms with van der Waals surface area (Å²) in [4.78, 5) is 13.8.